The first kappa shape index (κ1) is 34.2. The molecule has 0 saturated heterocycles. The molecule has 1 spiro atoms. The highest BCUT2D eigenvalue weighted by atomic mass is 15.2. The molecule has 3 heteroatoms. The Bertz CT molecular complexity index is 2650. The van der Waals surface area contributed by atoms with E-state index in [-0.39, 0.29) is 17.0 Å². The van der Waals surface area contributed by atoms with Gasteiger partial charge in [0.25, 0.3) is 0 Å². The predicted octanol–water partition coefficient (Wildman–Crippen LogP) is 13.0. The number of amidine groups is 2. The van der Waals surface area contributed by atoms with Gasteiger partial charge in [-0.15, -0.1) is 0 Å². The molecule has 278 valence electrons. The SMILES string of the molecule is CC1(C)c2cc3c(cc2-c2c(-c4ccc(-c5ccc(C6=NC(c7ccccc7)NC(c7ccccc7)=N6)cc5)cc4)cccc21)C1(CCCCC1)C1CC=CC=C31. The standard InChI is InChI=1S/C54H47N3/c1-53(2)46-22-14-20-41(49(46)44-34-48-43(33-47(44)53)42-19-10-11-21-45(42)54(48)31-12-5-13-32-54)37-27-23-35(24-28-37)36-25-29-40(30-26-36)52-56-50(38-15-6-3-7-16-38)55-51(57-52)39-17-8-4-9-18-39/h3-4,6-11,14-20,22-30,33-34,45,50H,5,12-13,21,31-32H2,1-2H3,(H,55,56,57). The van der Waals surface area contributed by atoms with E-state index in [1.807, 2.05) is 24.3 Å². The molecule has 0 amide bonds. The Kier molecular flexibility index (Phi) is 7.96. The minimum absolute atomic E-state index is 0.0635. The Morgan fingerprint density at radius 3 is 1.98 bits per heavy atom. The summed E-state index contributed by atoms with van der Waals surface area (Å²) < 4.78 is 0. The van der Waals surface area contributed by atoms with Gasteiger partial charge in [0.2, 0.25) is 0 Å². The maximum atomic E-state index is 5.08. The normalized spacial score (nSPS) is 20.7. The molecule has 0 bridgehead atoms. The number of nitrogens with zero attached hydrogens (tertiary/aromatic N) is 2. The third-order valence-electron chi connectivity index (χ3n) is 13.8. The molecule has 6 aromatic rings. The number of nitrogens with one attached hydrogen (secondary N) is 1. The van der Waals surface area contributed by atoms with E-state index >= 15 is 0 Å². The highest BCUT2D eigenvalue weighted by Gasteiger charge is 2.51. The summed E-state index contributed by atoms with van der Waals surface area (Å²) in [5.74, 6) is 2.19. The van der Waals surface area contributed by atoms with E-state index in [0.29, 0.717) is 5.92 Å². The summed E-state index contributed by atoms with van der Waals surface area (Å²) in [6.07, 6.45) is 14.8. The molecule has 1 heterocycles. The maximum absolute atomic E-state index is 5.08. The maximum Gasteiger partial charge on any atom is 0.159 e. The number of allylic oxidation sites excluding steroid dienone is 4. The molecule has 57 heavy (non-hydrogen) atoms. The van der Waals surface area contributed by atoms with Gasteiger partial charge >= 0.3 is 0 Å². The van der Waals surface area contributed by atoms with Gasteiger partial charge in [-0.3, -0.25) is 0 Å². The van der Waals surface area contributed by atoms with Gasteiger partial charge in [0.05, 0.1) is 0 Å². The van der Waals surface area contributed by atoms with E-state index in [4.69, 9.17) is 9.98 Å². The van der Waals surface area contributed by atoms with E-state index in [1.54, 1.807) is 11.1 Å². The van der Waals surface area contributed by atoms with Crippen LogP contribution in [0, 0.1) is 5.92 Å². The van der Waals surface area contributed by atoms with Gasteiger partial charge < -0.3 is 5.32 Å². The molecular weight excluding hydrogens is 691 g/mol. The highest BCUT2D eigenvalue weighted by Crippen LogP contribution is 2.62. The first-order valence-electron chi connectivity index (χ1n) is 20.9. The quantitative estimate of drug-likeness (QED) is 0.188. The van der Waals surface area contributed by atoms with Crippen LogP contribution in [0.4, 0.5) is 0 Å². The molecule has 3 nitrogen and oxygen atoms in total. The number of rotatable bonds is 5. The molecule has 0 aromatic heterocycles. The van der Waals surface area contributed by atoms with Gasteiger partial charge in [0, 0.05) is 22.0 Å². The van der Waals surface area contributed by atoms with E-state index < -0.39 is 0 Å². The monoisotopic (exact) mass is 737 g/mol. The van der Waals surface area contributed by atoms with Gasteiger partial charge in [-0.1, -0.05) is 179 Å². The van der Waals surface area contributed by atoms with Gasteiger partial charge in [-0.05, 0) is 104 Å². The minimum Gasteiger partial charge on any atom is -0.344 e. The average molecular weight is 738 g/mol. The van der Waals surface area contributed by atoms with E-state index in [2.05, 4.69) is 153 Å². The van der Waals surface area contributed by atoms with Crippen LogP contribution in [0.15, 0.2) is 168 Å². The van der Waals surface area contributed by atoms with Crippen LogP contribution in [0.1, 0.15) is 97.5 Å². The van der Waals surface area contributed by atoms with Crippen molar-refractivity contribution < 1.29 is 0 Å². The molecule has 1 fully saturated rings. The van der Waals surface area contributed by atoms with Crippen molar-refractivity contribution >= 4 is 17.2 Å². The second-order valence-electron chi connectivity index (χ2n) is 17.2. The van der Waals surface area contributed by atoms with Crippen LogP contribution in [0.3, 0.4) is 0 Å². The topological polar surface area (TPSA) is 36.8 Å². The third kappa shape index (κ3) is 5.46. The second-order valence-corrected chi connectivity index (χ2v) is 17.2. The van der Waals surface area contributed by atoms with Crippen LogP contribution in [0.2, 0.25) is 0 Å². The van der Waals surface area contributed by atoms with Crippen molar-refractivity contribution in [3.63, 3.8) is 0 Å². The van der Waals surface area contributed by atoms with Crippen LogP contribution < -0.4 is 5.32 Å². The molecule has 2 atom stereocenters. The smallest absolute Gasteiger partial charge is 0.159 e. The summed E-state index contributed by atoms with van der Waals surface area (Å²) in [6, 6.07) is 50.9. The first-order valence-corrected chi connectivity index (χ1v) is 20.9. The fraction of sp³-hybridized carbons (Fsp3) is 0.222. The Balaban J connectivity index is 0.930. The van der Waals surface area contributed by atoms with Crippen molar-refractivity contribution in [1.82, 2.24) is 5.32 Å². The Hall–Kier alpha value is -6.06. The zero-order valence-corrected chi connectivity index (χ0v) is 32.8. The van der Waals surface area contributed by atoms with Gasteiger partial charge in [0.1, 0.15) is 12.0 Å². The number of hydrogen-bond acceptors (Lipinski definition) is 3. The van der Waals surface area contributed by atoms with E-state index in [1.165, 1.54) is 88.6 Å². The zero-order valence-electron chi connectivity index (χ0n) is 32.8. The lowest BCUT2D eigenvalue weighted by Gasteiger charge is -2.40. The summed E-state index contributed by atoms with van der Waals surface area (Å²) in [7, 11) is 0. The molecular formula is C54H47N3. The first-order chi connectivity index (χ1) is 28.0. The molecule has 1 aliphatic heterocycles. The molecule has 11 rings (SSSR count). The Labute approximate surface area is 336 Å². The van der Waals surface area contributed by atoms with Crippen LogP contribution in [0.25, 0.3) is 39.0 Å². The fourth-order valence-corrected chi connectivity index (χ4v) is 10.9. The van der Waals surface area contributed by atoms with Gasteiger partial charge in [-0.2, -0.15) is 0 Å². The largest absolute Gasteiger partial charge is 0.344 e. The second kappa shape index (κ2) is 13.3. The van der Waals surface area contributed by atoms with E-state index in [0.717, 1.165) is 28.4 Å². The van der Waals surface area contributed by atoms with Crippen molar-refractivity contribution in [3.8, 4) is 33.4 Å². The lowest BCUT2D eigenvalue weighted by molar-refractivity contribution is 0.241. The average Bonchev–Trinajstić information content (AvgIpc) is 3.67. The Morgan fingerprint density at radius 1 is 0.579 bits per heavy atom. The number of benzene rings is 6. The van der Waals surface area contributed by atoms with Crippen molar-refractivity contribution in [2.45, 2.75) is 69.4 Å². The molecule has 2 unspecified atom stereocenters. The summed E-state index contributed by atoms with van der Waals surface area (Å²) in [6.45, 7) is 4.87. The van der Waals surface area contributed by atoms with E-state index in [9.17, 15) is 0 Å². The van der Waals surface area contributed by atoms with Crippen molar-refractivity contribution in [2.75, 3.05) is 0 Å². The van der Waals surface area contributed by atoms with Crippen molar-refractivity contribution in [2.24, 2.45) is 15.9 Å². The summed E-state index contributed by atoms with van der Waals surface area (Å²) in [5, 5.41) is 3.56. The Morgan fingerprint density at radius 2 is 1.25 bits per heavy atom. The van der Waals surface area contributed by atoms with Crippen LogP contribution >= 0.6 is 0 Å². The van der Waals surface area contributed by atoms with Crippen molar-refractivity contribution in [3.05, 3.63) is 197 Å². The third-order valence-corrected chi connectivity index (χ3v) is 13.8. The minimum atomic E-state index is -0.216. The highest BCUT2D eigenvalue weighted by molar-refractivity contribution is 6.13. The molecule has 1 saturated carbocycles. The number of hydrogen-bond donors (Lipinski definition) is 1. The lowest BCUT2D eigenvalue weighted by Crippen LogP contribution is -2.34. The van der Waals surface area contributed by atoms with Crippen LogP contribution in [0.5, 0.6) is 0 Å². The lowest BCUT2D eigenvalue weighted by atomic mass is 9.63. The van der Waals surface area contributed by atoms with Crippen LogP contribution in [-0.2, 0) is 10.8 Å². The number of aliphatic imine (C=N–C) groups is 2. The molecule has 6 aromatic carbocycles. The summed E-state index contributed by atoms with van der Waals surface area (Å²) in [5.41, 5.74) is 18.9. The molecule has 1 N–H and O–H groups in total. The van der Waals surface area contributed by atoms with Gasteiger partial charge in [0.15, 0.2) is 5.84 Å². The number of fused-ring (bicyclic) bond motifs is 8. The van der Waals surface area contributed by atoms with Gasteiger partial charge in [-0.25, -0.2) is 9.98 Å². The van der Waals surface area contributed by atoms with Crippen molar-refractivity contribution in [1.29, 1.82) is 0 Å². The molecule has 4 aliphatic carbocycles. The predicted molar refractivity (Wildman–Crippen MR) is 237 cm³/mol. The zero-order chi connectivity index (χ0) is 38.1. The fourth-order valence-electron chi connectivity index (χ4n) is 10.9. The summed E-state index contributed by atoms with van der Waals surface area (Å²) >= 11 is 0. The van der Waals surface area contributed by atoms with Crippen LogP contribution in [-0.4, -0.2) is 11.7 Å². The molecule has 5 aliphatic rings. The summed E-state index contributed by atoms with van der Waals surface area (Å²) in [4.78, 5) is 10.1. The molecule has 0 radical (unpaired) electrons.